The molecule has 0 N–H and O–H groups in total. The fourth-order valence-corrected chi connectivity index (χ4v) is 2.80. The van der Waals surface area contributed by atoms with Gasteiger partial charge in [-0.25, -0.2) is 4.98 Å². The van der Waals surface area contributed by atoms with Crippen LogP contribution in [0.25, 0.3) is 11.0 Å². The van der Waals surface area contributed by atoms with Crippen molar-refractivity contribution < 1.29 is 0 Å². The van der Waals surface area contributed by atoms with Gasteiger partial charge in [0.2, 0.25) is 0 Å². The third-order valence-electron chi connectivity index (χ3n) is 3.42. The van der Waals surface area contributed by atoms with E-state index < -0.39 is 0 Å². The van der Waals surface area contributed by atoms with E-state index in [4.69, 9.17) is 23.2 Å². The van der Waals surface area contributed by atoms with E-state index >= 15 is 0 Å². The van der Waals surface area contributed by atoms with Crippen LogP contribution in [-0.2, 0) is 19.5 Å². The normalized spacial score (nSPS) is 11.4. The molecule has 1 aromatic carbocycles. The molecular weight excluding hydrogens is 307 g/mol. The third kappa shape index (κ3) is 3.06. The molecule has 0 aliphatic carbocycles. The van der Waals surface area contributed by atoms with E-state index in [1.54, 1.807) is 0 Å². The molecule has 0 bridgehead atoms. The van der Waals surface area contributed by atoms with Gasteiger partial charge in [-0.2, -0.15) is 5.10 Å². The molecular formula is C15H16Cl2N4. The molecule has 2 aromatic heterocycles. The maximum absolute atomic E-state index is 6.04. The molecule has 0 radical (unpaired) electrons. The molecule has 0 atom stereocenters. The lowest BCUT2D eigenvalue weighted by atomic mass is 10.3. The Labute approximate surface area is 133 Å². The molecule has 0 aliphatic heterocycles. The minimum atomic E-state index is 0.554. The number of alkyl halides is 1. The summed E-state index contributed by atoms with van der Waals surface area (Å²) in [5.41, 5.74) is 3.17. The second-order valence-electron chi connectivity index (χ2n) is 5.03. The van der Waals surface area contributed by atoms with Crippen molar-refractivity contribution in [2.24, 2.45) is 0 Å². The van der Waals surface area contributed by atoms with Gasteiger partial charge in [-0.05, 0) is 30.7 Å². The molecule has 0 fully saturated rings. The number of fused-ring (bicyclic) bond motifs is 1. The van der Waals surface area contributed by atoms with Gasteiger partial charge < -0.3 is 4.57 Å². The Hall–Kier alpha value is -1.52. The summed E-state index contributed by atoms with van der Waals surface area (Å²) in [6, 6.07) is 5.80. The molecule has 2 heterocycles. The van der Waals surface area contributed by atoms with Crippen molar-refractivity contribution in [1.82, 2.24) is 19.3 Å². The Morgan fingerprint density at radius 3 is 2.81 bits per heavy atom. The van der Waals surface area contributed by atoms with Gasteiger partial charge in [0, 0.05) is 30.1 Å². The zero-order valence-electron chi connectivity index (χ0n) is 11.8. The van der Waals surface area contributed by atoms with Crippen molar-refractivity contribution in [3.05, 3.63) is 47.0 Å². The average molecular weight is 323 g/mol. The fourth-order valence-electron chi connectivity index (χ4n) is 2.47. The molecule has 110 valence electrons. The Bertz CT molecular complexity index is 760. The standard InChI is InChI=1S/C15H16Cl2N4/c1-11-9-18-20(10-11)6-7-21-14-3-2-12(17)8-13(14)19-15(21)4-5-16/h2-3,8-10H,4-7H2,1H3. The van der Waals surface area contributed by atoms with Gasteiger partial charge in [-0.1, -0.05) is 11.6 Å². The average Bonchev–Trinajstić information content (AvgIpc) is 3.00. The van der Waals surface area contributed by atoms with E-state index in [-0.39, 0.29) is 0 Å². The molecule has 21 heavy (non-hydrogen) atoms. The van der Waals surface area contributed by atoms with Gasteiger partial charge in [-0.15, -0.1) is 11.6 Å². The molecule has 0 aliphatic rings. The summed E-state index contributed by atoms with van der Waals surface area (Å²) in [7, 11) is 0. The van der Waals surface area contributed by atoms with Crippen molar-refractivity contribution in [1.29, 1.82) is 0 Å². The van der Waals surface area contributed by atoms with E-state index in [0.29, 0.717) is 10.9 Å². The maximum atomic E-state index is 6.04. The van der Waals surface area contributed by atoms with Crippen LogP contribution in [0, 0.1) is 6.92 Å². The first-order valence-electron chi connectivity index (χ1n) is 6.87. The molecule has 3 rings (SSSR count). The lowest BCUT2D eigenvalue weighted by Crippen LogP contribution is -2.11. The van der Waals surface area contributed by atoms with Crippen molar-refractivity contribution in [3.63, 3.8) is 0 Å². The minimum Gasteiger partial charge on any atom is -0.326 e. The van der Waals surface area contributed by atoms with Crippen LogP contribution in [0.4, 0.5) is 0 Å². The zero-order valence-corrected chi connectivity index (χ0v) is 13.3. The number of hydrogen-bond donors (Lipinski definition) is 0. The summed E-state index contributed by atoms with van der Waals surface area (Å²) in [5.74, 6) is 1.55. The predicted octanol–water partition coefficient (Wildman–Crippen LogP) is 3.68. The Kier molecular flexibility index (Phi) is 4.17. The Morgan fingerprint density at radius 1 is 1.24 bits per heavy atom. The highest BCUT2D eigenvalue weighted by atomic mass is 35.5. The van der Waals surface area contributed by atoms with Crippen molar-refractivity contribution in [2.45, 2.75) is 26.4 Å². The van der Waals surface area contributed by atoms with E-state index in [1.165, 1.54) is 5.56 Å². The smallest absolute Gasteiger partial charge is 0.111 e. The number of imidazole rings is 1. The SMILES string of the molecule is Cc1cnn(CCn2c(CCCl)nc3cc(Cl)ccc32)c1. The number of aryl methyl sites for hydroxylation is 4. The number of hydrogen-bond acceptors (Lipinski definition) is 2. The van der Waals surface area contributed by atoms with Crippen LogP contribution in [0.2, 0.25) is 5.02 Å². The van der Waals surface area contributed by atoms with Gasteiger partial charge in [0.1, 0.15) is 5.82 Å². The quantitative estimate of drug-likeness (QED) is 0.672. The molecule has 0 saturated carbocycles. The van der Waals surface area contributed by atoms with Gasteiger partial charge in [0.15, 0.2) is 0 Å². The lowest BCUT2D eigenvalue weighted by molar-refractivity contribution is 0.529. The van der Waals surface area contributed by atoms with Crippen LogP contribution >= 0.6 is 23.2 Å². The topological polar surface area (TPSA) is 35.6 Å². The van der Waals surface area contributed by atoms with E-state index in [9.17, 15) is 0 Å². The fraction of sp³-hybridized carbons (Fsp3) is 0.333. The Balaban J connectivity index is 1.92. The highest BCUT2D eigenvalue weighted by Gasteiger charge is 2.11. The summed E-state index contributed by atoms with van der Waals surface area (Å²) in [6.45, 7) is 3.65. The van der Waals surface area contributed by atoms with Crippen molar-refractivity contribution in [2.75, 3.05) is 5.88 Å². The zero-order chi connectivity index (χ0) is 14.8. The summed E-state index contributed by atoms with van der Waals surface area (Å²) < 4.78 is 4.15. The number of aromatic nitrogens is 4. The predicted molar refractivity (Wildman–Crippen MR) is 86.1 cm³/mol. The molecule has 0 unspecified atom stereocenters. The van der Waals surface area contributed by atoms with E-state index in [2.05, 4.69) is 14.6 Å². The molecule has 4 nitrogen and oxygen atoms in total. The first kappa shape index (κ1) is 14.4. The van der Waals surface area contributed by atoms with Gasteiger partial charge in [0.05, 0.1) is 23.8 Å². The minimum absolute atomic E-state index is 0.554. The molecule has 3 aromatic rings. The van der Waals surface area contributed by atoms with Crippen LogP contribution in [0.3, 0.4) is 0 Å². The molecule has 0 amide bonds. The first-order chi connectivity index (χ1) is 10.2. The second-order valence-corrected chi connectivity index (χ2v) is 5.85. The van der Waals surface area contributed by atoms with Crippen LogP contribution in [-0.4, -0.2) is 25.2 Å². The summed E-state index contributed by atoms with van der Waals surface area (Å²) >= 11 is 11.9. The van der Waals surface area contributed by atoms with Crippen LogP contribution < -0.4 is 0 Å². The second kappa shape index (κ2) is 6.08. The summed E-state index contributed by atoms with van der Waals surface area (Å²) in [6.07, 6.45) is 4.65. The monoisotopic (exact) mass is 322 g/mol. The summed E-state index contributed by atoms with van der Waals surface area (Å²) in [4.78, 5) is 4.65. The maximum Gasteiger partial charge on any atom is 0.111 e. The number of nitrogens with zero attached hydrogens (tertiary/aromatic N) is 4. The number of rotatable bonds is 5. The van der Waals surface area contributed by atoms with Crippen LogP contribution in [0.1, 0.15) is 11.4 Å². The third-order valence-corrected chi connectivity index (χ3v) is 3.85. The lowest BCUT2D eigenvalue weighted by Gasteiger charge is -2.08. The largest absolute Gasteiger partial charge is 0.326 e. The van der Waals surface area contributed by atoms with Crippen molar-refractivity contribution in [3.8, 4) is 0 Å². The van der Waals surface area contributed by atoms with E-state index in [0.717, 1.165) is 36.4 Å². The number of halogens is 2. The molecule has 0 saturated heterocycles. The summed E-state index contributed by atoms with van der Waals surface area (Å²) in [5, 5.41) is 5.02. The van der Waals surface area contributed by atoms with Gasteiger partial charge in [0.25, 0.3) is 0 Å². The highest BCUT2D eigenvalue weighted by Crippen LogP contribution is 2.21. The first-order valence-corrected chi connectivity index (χ1v) is 7.78. The van der Waals surface area contributed by atoms with Crippen LogP contribution in [0.15, 0.2) is 30.6 Å². The van der Waals surface area contributed by atoms with Crippen molar-refractivity contribution >= 4 is 34.2 Å². The Morgan fingerprint density at radius 2 is 2.10 bits per heavy atom. The van der Waals surface area contributed by atoms with Gasteiger partial charge in [-0.3, -0.25) is 4.68 Å². The van der Waals surface area contributed by atoms with E-state index in [1.807, 2.05) is 42.2 Å². The number of benzene rings is 1. The van der Waals surface area contributed by atoms with Gasteiger partial charge >= 0.3 is 0 Å². The van der Waals surface area contributed by atoms with Crippen LogP contribution in [0.5, 0.6) is 0 Å². The molecule has 6 heteroatoms. The molecule has 0 spiro atoms. The highest BCUT2D eigenvalue weighted by molar-refractivity contribution is 6.31.